The SMILES string of the molecule is CCOC(=O)/C(=C\c1cc(Cl)c(Cc2ccc(OCOC)c(C(C)C)c2)c(Cl)c1)C(=O)OC(C)(C)C. The van der Waals surface area contributed by atoms with Crippen molar-refractivity contribution in [1.82, 2.24) is 0 Å². The molecule has 0 saturated carbocycles. The maximum absolute atomic E-state index is 12.7. The Labute approximate surface area is 223 Å². The van der Waals surface area contributed by atoms with E-state index in [1.165, 1.54) is 6.08 Å². The second-order valence-corrected chi connectivity index (χ2v) is 10.3. The van der Waals surface area contributed by atoms with Crippen molar-refractivity contribution < 1.29 is 28.5 Å². The molecule has 0 N–H and O–H groups in total. The molecule has 6 nitrogen and oxygen atoms in total. The monoisotopic (exact) mass is 536 g/mol. The Balaban J connectivity index is 2.41. The number of hydrogen-bond acceptors (Lipinski definition) is 6. The van der Waals surface area contributed by atoms with Gasteiger partial charge in [0.05, 0.1) is 6.61 Å². The summed E-state index contributed by atoms with van der Waals surface area (Å²) in [5, 5.41) is 0.818. The second-order valence-electron chi connectivity index (χ2n) is 9.50. The van der Waals surface area contributed by atoms with Gasteiger partial charge in [0.1, 0.15) is 16.9 Å². The Bertz CT molecular complexity index is 1090. The van der Waals surface area contributed by atoms with Gasteiger partial charge in [0, 0.05) is 23.6 Å². The third-order valence-electron chi connectivity index (χ3n) is 5.00. The lowest BCUT2D eigenvalue weighted by Gasteiger charge is -2.20. The third kappa shape index (κ3) is 8.54. The van der Waals surface area contributed by atoms with Crippen LogP contribution >= 0.6 is 23.2 Å². The fourth-order valence-corrected chi connectivity index (χ4v) is 4.04. The minimum absolute atomic E-state index is 0.118. The quantitative estimate of drug-likeness (QED) is 0.107. The molecule has 0 unspecified atom stereocenters. The normalized spacial score (nSPS) is 12.0. The molecular formula is C28H34Cl2O6. The lowest BCUT2D eigenvalue weighted by atomic mass is 9.96. The van der Waals surface area contributed by atoms with Gasteiger partial charge in [0.25, 0.3) is 0 Å². The second kappa shape index (κ2) is 13.1. The molecular weight excluding hydrogens is 503 g/mol. The first-order chi connectivity index (χ1) is 16.9. The topological polar surface area (TPSA) is 71.1 Å². The van der Waals surface area contributed by atoms with Gasteiger partial charge in [-0.1, -0.05) is 49.2 Å². The predicted octanol–water partition coefficient (Wildman–Crippen LogP) is 6.98. The highest BCUT2D eigenvalue weighted by molar-refractivity contribution is 6.36. The van der Waals surface area contributed by atoms with Crippen LogP contribution in [0.4, 0.5) is 0 Å². The minimum atomic E-state index is -0.783. The molecule has 0 saturated heterocycles. The summed E-state index contributed by atoms with van der Waals surface area (Å²) in [5.74, 6) is -0.555. The third-order valence-corrected chi connectivity index (χ3v) is 5.67. The van der Waals surface area contributed by atoms with E-state index in [1.807, 2.05) is 12.1 Å². The van der Waals surface area contributed by atoms with Crippen molar-refractivity contribution in [3.63, 3.8) is 0 Å². The zero-order chi connectivity index (χ0) is 27.0. The molecule has 0 radical (unpaired) electrons. The molecule has 8 heteroatoms. The standard InChI is InChI=1S/C28H34Cl2O6/c1-8-34-26(31)22(27(32)36-28(4,5)6)13-19-14-23(29)21(24(30)15-19)12-18-9-10-25(35-16-33-7)20(11-18)17(2)3/h9-11,13-15,17H,8,12,16H2,1-7H3/b22-13+. The first-order valence-corrected chi connectivity index (χ1v) is 12.5. The van der Waals surface area contributed by atoms with E-state index in [1.54, 1.807) is 46.9 Å². The van der Waals surface area contributed by atoms with E-state index < -0.39 is 17.5 Å². The first-order valence-electron chi connectivity index (χ1n) is 11.7. The van der Waals surface area contributed by atoms with E-state index in [9.17, 15) is 9.59 Å². The van der Waals surface area contributed by atoms with Gasteiger partial charge in [-0.3, -0.25) is 0 Å². The zero-order valence-electron chi connectivity index (χ0n) is 21.9. The minimum Gasteiger partial charge on any atom is -0.467 e. The van der Waals surface area contributed by atoms with Gasteiger partial charge in [0.15, 0.2) is 6.79 Å². The Morgan fingerprint density at radius 1 is 1.03 bits per heavy atom. The van der Waals surface area contributed by atoms with Crippen LogP contribution in [0.15, 0.2) is 35.9 Å². The van der Waals surface area contributed by atoms with Crippen molar-refractivity contribution in [3.8, 4) is 5.75 Å². The van der Waals surface area contributed by atoms with Crippen LogP contribution in [0.5, 0.6) is 5.75 Å². The number of carbonyl (C=O) groups is 2. The molecule has 2 aromatic carbocycles. The molecule has 0 amide bonds. The van der Waals surface area contributed by atoms with E-state index in [0.29, 0.717) is 22.0 Å². The fraction of sp³-hybridized carbons (Fsp3) is 0.429. The van der Waals surface area contributed by atoms with Crippen LogP contribution in [0.2, 0.25) is 10.0 Å². The van der Waals surface area contributed by atoms with E-state index >= 15 is 0 Å². The molecule has 0 spiro atoms. The fourth-order valence-electron chi connectivity index (χ4n) is 3.40. The van der Waals surface area contributed by atoms with Crippen LogP contribution < -0.4 is 4.74 Å². The first kappa shape index (κ1) is 29.7. The van der Waals surface area contributed by atoms with Crippen molar-refractivity contribution in [2.24, 2.45) is 0 Å². The number of ether oxygens (including phenoxy) is 4. The maximum Gasteiger partial charge on any atom is 0.346 e. The number of halogens is 2. The Hall–Kier alpha value is -2.54. The van der Waals surface area contributed by atoms with Gasteiger partial charge >= 0.3 is 11.9 Å². The average Bonchev–Trinajstić information content (AvgIpc) is 2.77. The van der Waals surface area contributed by atoms with E-state index in [2.05, 4.69) is 19.9 Å². The molecule has 0 aliphatic heterocycles. The maximum atomic E-state index is 12.7. The molecule has 0 aliphatic carbocycles. The smallest absolute Gasteiger partial charge is 0.346 e. The molecule has 0 atom stereocenters. The Morgan fingerprint density at radius 3 is 2.19 bits per heavy atom. The Morgan fingerprint density at radius 2 is 1.67 bits per heavy atom. The highest BCUT2D eigenvalue weighted by Gasteiger charge is 2.26. The van der Waals surface area contributed by atoms with Crippen molar-refractivity contribution in [2.45, 2.75) is 59.5 Å². The summed E-state index contributed by atoms with van der Waals surface area (Å²) in [6.07, 6.45) is 1.87. The molecule has 196 valence electrons. The van der Waals surface area contributed by atoms with E-state index in [0.717, 1.165) is 22.4 Å². The van der Waals surface area contributed by atoms with Crippen molar-refractivity contribution in [1.29, 1.82) is 0 Å². The van der Waals surface area contributed by atoms with Gasteiger partial charge in [-0.2, -0.15) is 0 Å². The summed E-state index contributed by atoms with van der Waals surface area (Å²) in [7, 11) is 1.58. The van der Waals surface area contributed by atoms with Gasteiger partial charge in [-0.15, -0.1) is 0 Å². The Kier molecular flexibility index (Phi) is 10.8. The molecule has 0 fully saturated rings. The van der Waals surface area contributed by atoms with Gasteiger partial charge in [-0.05, 0) is 80.1 Å². The number of benzene rings is 2. The number of rotatable bonds is 10. The summed E-state index contributed by atoms with van der Waals surface area (Å²) in [6.45, 7) is 11.3. The van der Waals surface area contributed by atoms with Crippen LogP contribution in [-0.2, 0) is 30.2 Å². The van der Waals surface area contributed by atoms with Crippen LogP contribution in [0.1, 0.15) is 69.7 Å². The van der Waals surface area contributed by atoms with Crippen LogP contribution in [-0.4, -0.2) is 38.0 Å². The predicted molar refractivity (Wildman–Crippen MR) is 143 cm³/mol. The summed E-state index contributed by atoms with van der Waals surface area (Å²) < 4.78 is 21.1. The van der Waals surface area contributed by atoms with Crippen molar-refractivity contribution in [3.05, 3.63) is 68.2 Å². The van der Waals surface area contributed by atoms with E-state index in [4.69, 9.17) is 42.1 Å². The number of esters is 2. The van der Waals surface area contributed by atoms with Crippen LogP contribution in [0, 0.1) is 0 Å². The lowest BCUT2D eigenvalue weighted by molar-refractivity contribution is -0.154. The van der Waals surface area contributed by atoms with Gasteiger partial charge in [0.2, 0.25) is 0 Å². The number of methoxy groups -OCH3 is 1. The summed E-state index contributed by atoms with van der Waals surface area (Å²) in [5.41, 5.74) is 2.25. The van der Waals surface area contributed by atoms with Crippen LogP contribution in [0.3, 0.4) is 0 Å². The zero-order valence-corrected chi connectivity index (χ0v) is 23.4. The highest BCUT2D eigenvalue weighted by atomic mass is 35.5. The average molecular weight is 537 g/mol. The molecule has 2 aromatic rings. The van der Waals surface area contributed by atoms with Gasteiger partial charge in [-0.25, -0.2) is 9.59 Å². The summed E-state index contributed by atoms with van der Waals surface area (Å²) >= 11 is 13.2. The number of carbonyl (C=O) groups excluding carboxylic acids is 2. The van der Waals surface area contributed by atoms with Crippen molar-refractivity contribution in [2.75, 3.05) is 20.5 Å². The largest absolute Gasteiger partial charge is 0.467 e. The molecule has 2 rings (SSSR count). The highest BCUT2D eigenvalue weighted by Crippen LogP contribution is 2.33. The summed E-state index contributed by atoms with van der Waals surface area (Å²) in [4.78, 5) is 25.1. The van der Waals surface area contributed by atoms with Crippen LogP contribution in [0.25, 0.3) is 6.08 Å². The van der Waals surface area contributed by atoms with Gasteiger partial charge < -0.3 is 18.9 Å². The summed E-state index contributed by atoms with van der Waals surface area (Å²) in [6, 6.07) is 9.25. The number of hydrogen-bond donors (Lipinski definition) is 0. The van der Waals surface area contributed by atoms with E-state index in [-0.39, 0.29) is 24.9 Å². The lowest BCUT2D eigenvalue weighted by Crippen LogP contribution is -2.28. The molecule has 36 heavy (non-hydrogen) atoms. The molecule has 0 heterocycles. The molecule has 0 bridgehead atoms. The van der Waals surface area contributed by atoms with Crippen molar-refractivity contribution >= 4 is 41.2 Å². The molecule has 0 aliphatic rings. The molecule has 0 aromatic heterocycles.